The molecule has 0 aromatic heterocycles. The molecule has 2 saturated heterocycles. The Morgan fingerprint density at radius 3 is 2.50 bits per heavy atom. The molecule has 22 heavy (non-hydrogen) atoms. The normalized spacial score (nSPS) is 35.1. The van der Waals surface area contributed by atoms with Gasteiger partial charge in [0, 0.05) is 44.1 Å². The van der Waals surface area contributed by atoms with Gasteiger partial charge >= 0.3 is 12.2 Å². The fourth-order valence-electron chi connectivity index (χ4n) is 3.77. The van der Waals surface area contributed by atoms with E-state index in [-0.39, 0.29) is 31.5 Å². The average molecular weight is 321 g/mol. The zero-order valence-corrected chi connectivity index (χ0v) is 12.8. The summed E-state index contributed by atoms with van der Waals surface area (Å²) >= 11 is 0. The fraction of sp³-hybridized carbons (Fsp3) is 0.929. The molecule has 0 bridgehead atoms. The molecule has 2 atom stereocenters. The lowest BCUT2D eigenvalue weighted by Gasteiger charge is -2.45. The number of nitrogens with one attached hydrogen (secondary N) is 2. The number of halogens is 3. The van der Waals surface area contributed by atoms with Crippen LogP contribution in [-0.4, -0.2) is 60.5 Å². The number of aliphatic hydroxyl groups is 1. The van der Waals surface area contributed by atoms with Gasteiger partial charge in [0.05, 0.1) is 11.0 Å². The van der Waals surface area contributed by atoms with Crippen LogP contribution in [0.2, 0.25) is 0 Å². The predicted molar refractivity (Wildman–Crippen MR) is 73.2 cm³/mol. The molecule has 0 aromatic rings. The molecule has 2 aliphatic heterocycles. The van der Waals surface area contributed by atoms with Crippen LogP contribution in [0, 0.1) is 16.7 Å². The molecule has 0 spiro atoms. The zero-order valence-electron chi connectivity index (χ0n) is 12.8. The van der Waals surface area contributed by atoms with Crippen LogP contribution in [0.5, 0.6) is 0 Å². The number of amides is 2. The van der Waals surface area contributed by atoms with Gasteiger partial charge in [0.25, 0.3) is 0 Å². The van der Waals surface area contributed by atoms with Gasteiger partial charge < -0.3 is 20.6 Å². The highest BCUT2D eigenvalue weighted by Crippen LogP contribution is 2.72. The molecule has 1 aliphatic carbocycles. The first-order chi connectivity index (χ1) is 10.0. The molecule has 2 heterocycles. The number of urea groups is 1. The highest BCUT2D eigenvalue weighted by molar-refractivity contribution is 5.75. The van der Waals surface area contributed by atoms with Crippen molar-refractivity contribution in [3.63, 3.8) is 0 Å². The minimum absolute atomic E-state index is 0.0137. The molecular weight excluding hydrogens is 299 g/mol. The lowest BCUT2D eigenvalue weighted by Crippen LogP contribution is -2.60. The van der Waals surface area contributed by atoms with Crippen LogP contribution in [0.1, 0.15) is 20.3 Å². The Kier molecular flexibility index (Phi) is 3.25. The molecule has 3 N–H and O–H groups in total. The van der Waals surface area contributed by atoms with Crippen molar-refractivity contribution in [1.82, 2.24) is 15.5 Å². The maximum Gasteiger partial charge on any atom is 0.396 e. The number of carbonyl (C=O) groups excluding carboxylic acids is 1. The van der Waals surface area contributed by atoms with Gasteiger partial charge in [-0.1, -0.05) is 0 Å². The number of hydrogen-bond donors (Lipinski definition) is 3. The van der Waals surface area contributed by atoms with Crippen molar-refractivity contribution in [1.29, 1.82) is 0 Å². The van der Waals surface area contributed by atoms with Crippen LogP contribution in [0.4, 0.5) is 18.0 Å². The fourth-order valence-corrected chi connectivity index (χ4v) is 3.77. The summed E-state index contributed by atoms with van der Waals surface area (Å²) in [5.41, 5.74) is -3.40. The monoisotopic (exact) mass is 321 g/mol. The number of fused-ring (bicyclic) bond motifs is 1. The first-order valence-electron chi connectivity index (χ1n) is 7.53. The van der Waals surface area contributed by atoms with E-state index >= 15 is 0 Å². The third-order valence-corrected chi connectivity index (χ3v) is 5.71. The Bertz CT molecular complexity index is 485. The second-order valence-corrected chi connectivity index (χ2v) is 7.55. The molecule has 1 saturated carbocycles. The Balaban J connectivity index is 1.51. The maximum atomic E-state index is 13.2. The van der Waals surface area contributed by atoms with E-state index in [1.807, 2.05) is 0 Å². The third-order valence-electron chi connectivity index (χ3n) is 5.71. The number of hydrogen-bond acceptors (Lipinski definition) is 3. The van der Waals surface area contributed by atoms with Gasteiger partial charge in [0.1, 0.15) is 0 Å². The van der Waals surface area contributed by atoms with Gasteiger partial charge in [0.15, 0.2) is 0 Å². The summed E-state index contributed by atoms with van der Waals surface area (Å²) in [5, 5.41) is 15.3. The minimum atomic E-state index is -4.23. The van der Waals surface area contributed by atoms with Gasteiger partial charge in [-0.3, -0.25) is 0 Å². The van der Waals surface area contributed by atoms with Crippen LogP contribution >= 0.6 is 0 Å². The molecule has 0 radical (unpaired) electrons. The Labute approximate surface area is 127 Å². The molecule has 0 aromatic carbocycles. The highest BCUT2D eigenvalue weighted by Gasteiger charge is 2.81. The zero-order chi connectivity index (χ0) is 16.4. The molecule has 8 heteroatoms. The number of alkyl halides is 3. The number of rotatable bonds is 3. The number of carbonyl (C=O) groups is 1. The third kappa shape index (κ3) is 2.19. The van der Waals surface area contributed by atoms with E-state index in [4.69, 9.17) is 0 Å². The Morgan fingerprint density at radius 2 is 2.00 bits per heavy atom. The Morgan fingerprint density at radius 1 is 1.36 bits per heavy atom. The van der Waals surface area contributed by atoms with E-state index < -0.39 is 22.6 Å². The molecule has 3 fully saturated rings. The van der Waals surface area contributed by atoms with Gasteiger partial charge in [-0.2, -0.15) is 13.2 Å². The van der Waals surface area contributed by atoms with E-state index in [0.717, 1.165) is 0 Å². The van der Waals surface area contributed by atoms with Gasteiger partial charge in [-0.15, -0.1) is 0 Å². The van der Waals surface area contributed by atoms with Crippen LogP contribution in [0.3, 0.4) is 0 Å². The quantitative estimate of drug-likeness (QED) is 0.725. The summed E-state index contributed by atoms with van der Waals surface area (Å²) in [6, 6.07) is -0.343. The van der Waals surface area contributed by atoms with E-state index in [2.05, 4.69) is 10.6 Å². The summed E-state index contributed by atoms with van der Waals surface area (Å²) in [6.07, 6.45) is -4.15. The first kappa shape index (κ1) is 15.9. The van der Waals surface area contributed by atoms with Crippen molar-refractivity contribution in [2.75, 3.05) is 32.7 Å². The van der Waals surface area contributed by atoms with Crippen molar-refractivity contribution in [3.05, 3.63) is 0 Å². The summed E-state index contributed by atoms with van der Waals surface area (Å²) in [4.78, 5) is 13.5. The number of piperidine rings is 1. The molecule has 2 amide bonds. The standard InChI is InChI=1S/C14H22F3N3O2/c1-11(2,22)9-3-20(4-9)10(21)19-7-12-5-13(12,8-18-6-12)14(15,16)17/h9,18,22H,3-8H2,1-2H3,(H,19,21)/t12-,13-/m1/s1. The van der Waals surface area contributed by atoms with Crippen molar-refractivity contribution in [2.45, 2.75) is 32.0 Å². The van der Waals surface area contributed by atoms with Gasteiger partial charge in [-0.25, -0.2) is 4.79 Å². The van der Waals surface area contributed by atoms with E-state index in [1.54, 1.807) is 13.8 Å². The largest absolute Gasteiger partial charge is 0.396 e. The lowest BCUT2D eigenvalue weighted by molar-refractivity contribution is -0.190. The van der Waals surface area contributed by atoms with E-state index in [0.29, 0.717) is 19.6 Å². The van der Waals surface area contributed by atoms with E-state index in [1.165, 1.54) is 4.90 Å². The van der Waals surface area contributed by atoms with Gasteiger partial charge in [-0.05, 0) is 20.3 Å². The Hall–Kier alpha value is -1.02. The smallest absolute Gasteiger partial charge is 0.390 e. The molecule has 5 nitrogen and oxygen atoms in total. The van der Waals surface area contributed by atoms with Crippen molar-refractivity contribution < 1.29 is 23.1 Å². The topological polar surface area (TPSA) is 64.6 Å². The number of likely N-dealkylation sites (tertiary alicyclic amines) is 1. The molecule has 0 unspecified atom stereocenters. The average Bonchev–Trinajstić information content (AvgIpc) is 2.81. The molecule has 3 aliphatic rings. The molecule has 3 rings (SSSR count). The number of nitrogens with zero attached hydrogens (tertiary/aromatic N) is 1. The molecular formula is C14H22F3N3O2. The van der Waals surface area contributed by atoms with E-state index in [9.17, 15) is 23.1 Å². The van der Waals surface area contributed by atoms with Crippen LogP contribution < -0.4 is 10.6 Å². The first-order valence-corrected chi connectivity index (χ1v) is 7.53. The second kappa shape index (κ2) is 4.50. The van der Waals surface area contributed by atoms with Crippen molar-refractivity contribution in [3.8, 4) is 0 Å². The molecule has 126 valence electrons. The summed E-state index contributed by atoms with van der Waals surface area (Å²) in [6.45, 7) is 4.53. The highest BCUT2D eigenvalue weighted by atomic mass is 19.4. The minimum Gasteiger partial charge on any atom is -0.390 e. The van der Waals surface area contributed by atoms with Gasteiger partial charge in [0.2, 0.25) is 0 Å². The van der Waals surface area contributed by atoms with Crippen LogP contribution in [-0.2, 0) is 0 Å². The van der Waals surface area contributed by atoms with Crippen molar-refractivity contribution in [2.24, 2.45) is 16.7 Å². The lowest BCUT2D eigenvalue weighted by atomic mass is 9.85. The van der Waals surface area contributed by atoms with Crippen LogP contribution in [0.15, 0.2) is 0 Å². The SMILES string of the molecule is CC(C)(O)C1CN(C(=O)NC[C@@]23CNC[C@]2(C(F)(F)F)C3)C1. The summed E-state index contributed by atoms with van der Waals surface area (Å²) < 4.78 is 39.6. The van der Waals surface area contributed by atoms with Crippen LogP contribution in [0.25, 0.3) is 0 Å². The van der Waals surface area contributed by atoms with Crippen molar-refractivity contribution >= 4 is 6.03 Å². The maximum absolute atomic E-state index is 13.2. The second-order valence-electron chi connectivity index (χ2n) is 7.55. The summed E-state index contributed by atoms with van der Waals surface area (Å²) in [7, 11) is 0. The predicted octanol–water partition coefficient (Wildman–Crippen LogP) is 0.941. The summed E-state index contributed by atoms with van der Waals surface area (Å²) in [5.74, 6) is 0.0137.